The summed E-state index contributed by atoms with van der Waals surface area (Å²) >= 11 is 7.54. The number of anilines is 3. The molecular formula is C24H22ClFN4O2S. The van der Waals surface area contributed by atoms with Gasteiger partial charge in [0.15, 0.2) is 0 Å². The molecule has 0 saturated carbocycles. The number of amides is 2. The van der Waals surface area contributed by atoms with Crippen molar-refractivity contribution < 1.29 is 14.0 Å². The molecule has 0 spiro atoms. The van der Waals surface area contributed by atoms with Crippen molar-refractivity contribution in [2.45, 2.75) is 0 Å². The van der Waals surface area contributed by atoms with Gasteiger partial charge in [-0.2, -0.15) is 0 Å². The lowest BCUT2D eigenvalue weighted by Gasteiger charge is -2.21. The van der Waals surface area contributed by atoms with Crippen molar-refractivity contribution in [2.75, 3.05) is 43.2 Å². The minimum atomic E-state index is -0.548. The Balaban J connectivity index is 1.72. The molecule has 2 heterocycles. The van der Waals surface area contributed by atoms with Gasteiger partial charge < -0.3 is 20.4 Å². The Kier molecular flexibility index (Phi) is 6.51. The number of hydrogen-bond donors (Lipinski definition) is 2. The second kappa shape index (κ2) is 9.35. The minimum Gasteiger partial charge on any atom is -0.354 e. The average Bonchev–Trinajstić information content (AvgIpc) is 3.38. The number of likely N-dealkylation sites (N-methyl/N-ethyl adjacent to an activating group) is 2. The van der Waals surface area contributed by atoms with Crippen LogP contribution in [0.4, 0.5) is 21.5 Å². The van der Waals surface area contributed by atoms with Crippen molar-refractivity contribution in [3.63, 3.8) is 0 Å². The Hall–Kier alpha value is -3.20. The van der Waals surface area contributed by atoms with Gasteiger partial charge in [0, 0.05) is 23.3 Å². The van der Waals surface area contributed by atoms with Crippen LogP contribution < -0.4 is 15.5 Å². The molecule has 0 bridgehead atoms. The zero-order valence-electron chi connectivity index (χ0n) is 18.3. The summed E-state index contributed by atoms with van der Waals surface area (Å²) in [4.78, 5) is 29.0. The van der Waals surface area contributed by atoms with Gasteiger partial charge in [0.25, 0.3) is 5.91 Å². The molecule has 33 heavy (non-hydrogen) atoms. The predicted octanol–water partition coefficient (Wildman–Crippen LogP) is 5.00. The zero-order valence-corrected chi connectivity index (χ0v) is 19.9. The molecule has 2 aromatic carbocycles. The number of thiophene rings is 1. The first-order valence-corrected chi connectivity index (χ1v) is 11.4. The van der Waals surface area contributed by atoms with Gasteiger partial charge in [-0.25, -0.2) is 4.39 Å². The van der Waals surface area contributed by atoms with Crippen LogP contribution in [0, 0.1) is 5.82 Å². The number of hydrogen-bond acceptors (Lipinski definition) is 5. The average molecular weight is 485 g/mol. The lowest BCUT2D eigenvalue weighted by Crippen LogP contribution is -2.35. The molecule has 1 aliphatic heterocycles. The third kappa shape index (κ3) is 4.78. The van der Waals surface area contributed by atoms with Crippen LogP contribution in [0.5, 0.6) is 0 Å². The highest BCUT2D eigenvalue weighted by Gasteiger charge is 2.29. The molecule has 0 unspecified atom stereocenters. The fraction of sp³-hybridized carbons (Fsp3) is 0.167. The highest BCUT2D eigenvalue weighted by atomic mass is 35.5. The van der Waals surface area contributed by atoms with Crippen molar-refractivity contribution in [3.05, 3.63) is 75.2 Å². The Morgan fingerprint density at radius 2 is 1.94 bits per heavy atom. The van der Waals surface area contributed by atoms with E-state index in [-0.39, 0.29) is 24.0 Å². The van der Waals surface area contributed by atoms with E-state index in [0.29, 0.717) is 33.2 Å². The molecule has 2 N–H and O–H groups in total. The normalized spacial score (nSPS) is 14.2. The standard InChI is InChI=1S/C24H22ClFN4O2S/c1-29(2)13-21(31)30(3)19-9-7-15(12-17(19)26)27-23(20-5-4-10-33-20)22-16-8-6-14(25)11-18(16)28-24(22)32/h4-12,27H,13H2,1-3H3,(H,28,32)/b23-22-. The Labute approximate surface area is 200 Å². The number of carbonyl (C=O) groups is 2. The fourth-order valence-corrected chi connectivity index (χ4v) is 4.48. The third-order valence-electron chi connectivity index (χ3n) is 5.15. The Morgan fingerprint density at radius 3 is 2.61 bits per heavy atom. The summed E-state index contributed by atoms with van der Waals surface area (Å²) in [6.45, 7) is 0.170. The van der Waals surface area contributed by atoms with E-state index in [1.54, 1.807) is 56.4 Å². The maximum absolute atomic E-state index is 15.0. The molecule has 0 fully saturated rings. The van der Waals surface area contributed by atoms with E-state index in [2.05, 4.69) is 10.6 Å². The van der Waals surface area contributed by atoms with E-state index >= 15 is 0 Å². The van der Waals surface area contributed by atoms with E-state index < -0.39 is 5.82 Å². The van der Waals surface area contributed by atoms with Gasteiger partial charge >= 0.3 is 0 Å². The summed E-state index contributed by atoms with van der Waals surface area (Å²) in [5, 5.41) is 8.49. The minimum absolute atomic E-state index is 0.170. The highest BCUT2D eigenvalue weighted by molar-refractivity contribution is 7.11. The van der Waals surface area contributed by atoms with Crippen LogP contribution in [0.25, 0.3) is 11.3 Å². The number of rotatable bonds is 6. The van der Waals surface area contributed by atoms with Crippen molar-refractivity contribution in [3.8, 4) is 0 Å². The largest absolute Gasteiger partial charge is 0.354 e. The summed E-state index contributed by atoms with van der Waals surface area (Å²) in [5.74, 6) is -1.04. The lowest BCUT2D eigenvalue weighted by molar-refractivity contribution is -0.119. The quantitative estimate of drug-likeness (QED) is 0.483. The van der Waals surface area contributed by atoms with Crippen molar-refractivity contribution >= 4 is 63.1 Å². The Morgan fingerprint density at radius 1 is 1.15 bits per heavy atom. The molecule has 170 valence electrons. The maximum atomic E-state index is 15.0. The number of carbonyl (C=O) groups excluding carboxylic acids is 2. The van der Waals surface area contributed by atoms with Crippen LogP contribution >= 0.6 is 22.9 Å². The third-order valence-corrected chi connectivity index (χ3v) is 6.27. The van der Waals surface area contributed by atoms with Crippen molar-refractivity contribution in [1.29, 1.82) is 0 Å². The fourth-order valence-electron chi connectivity index (χ4n) is 3.57. The summed E-state index contributed by atoms with van der Waals surface area (Å²) in [6.07, 6.45) is 0. The van der Waals surface area contributed by atoms with Crippen LogP contribution in [0.2, 0.25) is 5.02 Å². The molecule has 1 aromatic heterocycles. The SMILES string of the molecule is CN(C)CC(=O)N(C)c1ccc(N/C(=C2\C(=O)Nc3cc(Cl)ccc32)c2cccs2)cc1F. The first-order chi connectivity index (χ1) is 15.7. The summed E-state index contributed by atoms with van der Waals surface area (Å²) in [6, 6.07) is 13.5. The van der Waals surface area contributed by atoms with E-state index in [1.165, 1.54) is 22.3 Å². The predicted molar refractivity (Wildman–Crippen MR) is 133 cm³/mol. The van der Waals surface area contributed by atoms with Gasteiger partial charge in [-0.3, -0.25) is 9.59 Å². The molecule has 1 aliphatic rings. The Bertz CT molecular complexity index is 1260. The highest BCUT2D eigenvalue weighted by Crippen LogP contribution is 2.40. The van der Waals surface area contributed by atoms with E-state index in [1.807, 2.05) is 17.5 Å². The molecule has 0 aliphatic carbocycles. The molecule has 0 radical (unpaired) electrons. The van der Waals surface area contributed by atoms with Gasteiger partial charge in [-0.05, 0) is 55.9 Å². The van der Waals surface area contributed by atoms with Crippen LogP contribution in [0.1, 0.15) is 10.4 Å². The number of nitrogens with zero attached hydrogens (tertiary/aromatic N) is 2. The molecule has 6 nitrogen and oxygen atoms in total. The summed E-state index contributed by atoms with van der Waals surface area (Å²) in [7, 11) is 5.10. The molecule has 0 atom stereocenters. The maximum Gasteiger partial charge on any atom is 0.258 e. The van der Waals surface area contributed by atoms with Gasteiger partial charge in [-0.1, -0.05) is 23.7 Å². The molecule has 0 saturated heterocycles. The first-order valence-electron chi connectivity index (χ1n) is 10.1. The van der Waals surface area contributed by atoms with E-state index in [0.717, 1.165) is 4.88 Å². The molecule has 4 rings (SSSR count). The second-order valence-electron chi connectivity index (χ2n) is 7.85. The van der Waals surface area contributed by atoms with Crippen molar-refractivity contribution in [2.24, 2.45) is 0 Å². The van der Waals surface area contributed by atoms with Crippen LogP contribution in [-0.2, 0) is 9.59 Å². The van der Waals surface area contributed by atoms with Gasteiger partial charge in [0.05, 0.1) is 34.1 Å². The van der Waals surface area contributed by atoms with Gasteiger partial charge in [-0.15, -0.1) is 11.3 Å². The smallest absolute Gasteiger partial charge is 0.258 e. The van der Waals surface area contributed by atoms with Gasteiger partial charge in [0.1, 0.15) is 5.82 Å². The van der Waals surface area contributed by atoms with Crippen molar-refractivity contribution in [1.82, 2.24) is 4.90 Å². The lowest BCUT2D eigenvalue weighted by atomic mass is 10.0. The number of nitrogens with one attached hydrogen (secondary N) is 2. The number of halogens is 2. The number of fused-ring (bicyclic) bond motifs is 1. The molecule has 3 aromatic rings. The first kappa shape index (κ1) is 23.0. The van der Waals surface area contributed by atoms with Crippen LogP contribution in [0.15, 0.2) is 53.9 Å². The van der Waals surface area contributed by atoms with E-state index in [4.69, 9.17) is 11.6 Å². The van der Waals surface area contributed by atoms with Crippen LogP contribution in [0.3, 0.4) is 0 Å². The van der Waals surface area contributed by atoms with E-state index in [9.17, 15) is 14.0 Å². The monoisotopic (exact) mass is 484 g/mol. The topological polar surface area (TPSA) is 64.7 Å². The molecule has 2 amide bonds. The summed E-state index contributed by atoms with van der Waals surface area (Å²) in [5.41, 5.74) is 2.99. The molecule has 9 heteroatoms. The van der Waals surface area contributed by atoms with Crippen LogP contribution in [-0.4, -0.2) is 44.4 Å². The number of benzene rings is 2. The second-order valence-corrected chi connectivity index (χ2v) is 9.24. The zero-order chi connectivity index (χ0) is 23.7. The molecular weight excluding hydrogens is 463 g/mol. The summed E-state index contributed by atoms with van der Waals surface area (Å²) < 4.78 is 15.0. The van der Waals surface area contributed by atoms with Gasteiger partial charge in [0.2, 0.25) is 5.91 Å².